The summed E-state index contributed by atoms with van der Waals surface area (Å²) < 4.78 is 6.93. The summed E-state index contributed by atoms with van der Waals surface area (Å²) in [5, 5.41) is 3.25. The summed E-state index contributed by atoms with van der Waals surface area (Å²) in [7, 11) is 1.99. The van der Waals surface area contributed by atoms with Gasteiger partial charge in [0.15, 0.2) is 0 Å². The number of hydrogen-bond donors (Lipinski definition) is 1. The first-order valence-corrected chi connectivity index (χ1v) is 7.83. The standard InChI is InChI=1S/C15H23BrN2O/c1-3-19-14-5-4-8-18(11-14)15-7-6-13(16)9-12(15)10-17-2/h6-7,9,14,17H,3-5,8,10-11H2,1-2H3. The van der Waals surface area contributed by atoms with Crippen LogP contribution in [0.2, 0.25) is 0 Å². The van der Waals surface area contributed by atoms with Gasteiger partial charge in [-0.3, -0.25) is 0 Å². The highest BCUT2D eigenvalue weighted by Gasteiger charge is 2.21. The van der Waals surface area contributed by atoms with Gasteiger partial charge in [0.05, 0.1) is 6.10 Å². The van der Waals surface area contributed by atoms with Gasteiger partial charge >= 0.3 is 0 Å². The summed E-state index contributed by atoms with van der Waals surface area (Å²) >= 11 is 3.56. The van der Waals surface area contributed by atoms with Crippen LogP contribution in [0.15, 0.2) is 22.7 Å². The molecule has 1 fully saturated rings. The van der Waals surface area contributed by atoms with Crippen molar-refractivity contribution in [1.82, 2.24) is 5.32 Å². The molecule has 0 aliphatic carbocycles. The number of hydrogen-bond acceptors (Lipinski definition) is 3. The molecule has 2 rings (SSSR count). The van der Waals surface area contributed by atoms with Crippen molar-refractivity contribution in [1.29, 1.82) is 0 Å². The second kappa shape index (κ2) is 7.27. The zero-order chi connectivity index (χ0) is 13.7. The highest BCUT2D eigenvalue weighted by molar-refractivity contribution is 9.10. The van der Waals surface area contributed by atoms with Gasteiger partial charge in [-0.25, -0.2) is 0 Å². The van der Waals surface area contributed by atoms with Crippen LogP contribution in [0.3, 0.4) is 0 Å². The van der Waals surface area contributed by atoms with Crippen molar-refractivity contribution in [3.8, 4) is 0 Å². The maximum atomic E-state index is 5.79. The summed E-state index contributed by atoms with van der Waals surface area (Å²) in [5.74, 6) is 0. The minimum Gasteiger partial charge on any atom is -0.377 e. The van der Waals surface area contributed by atoms with Crippen LogP contribution in [0.1, 0.15) is 25.3 Å². The molecule has 19 heavy (non-hydrogen) atoms. The highest BCUT2D eigenvalue weighted by atomic mass is 79.9. The van der Waals surface area contributed by atoms with Crippen LogP contribution in [0.25, 0.3) is 0 Å². The Hall–Kier alpha value is -0.580. The fourth-order valence-electron chi connectivity index (χ4n) is 2.72. The number of ether oxygens (including phenoxy) is 1. The monoisotopic (exact) mass is 326 g/mol. The van der Waals surface area contributed by atoms with E-state index in [1.807, 2.05) is 7.05 Å². The lowest BCUT2D eigenvalue weighted by Gasteiger charge is -2.35. The quantitative estimate of drug-likeness (QED) is 0.899. The summed E-state index contributed by atoms with van der Waals surface area (Å²) in [6.07, 6.45) is 2.77. The molecule has 1 unspecified atom stereocenters. The third-order valence-corrected chi connectivity index (χ3v) is 4.02. The predicted molar refractivity (Wildman–Crippen MR) is 83.8 cm³/mol. The molecule has 1 saturated heterocycles. The van der Waals surface area contributed by atoms with Gasteiger partial charge in [-0.2, -0.15) is 0 Å². The van der Waals surface area contributed by atoms with Crippen molar-refractivity contribution in [2.24, 2.45) is 0 Å². The van der Waals surface area contributed by atoms with Gasteiger partial charge in [0.25, 0.3) is 0 Å². The normalized spacial score (nSPS) is 19.7. The fourth-order valence-corrected chi connectivity index (χ4v) is 3.13. The number of halogens is 1. The zero-order valence-corrected chi connectivity index (χ0v) is 13.4. The molecule has 0 amide bonds. The van der Waals surface area contributed by atoms with Crippen molar-refractivity contribution in [3.05, 3.63) is 28.2 Å². The van der Waals surface area contributed by atoms with Gasteiger partial charge in [-0.15, -0.1) is 0 Å². The fraction of sp³-hybridized carbons (Fsp3) is 0.600. The molecule has 0 aromatic heterocycles. The first kappa shape index (κ1) is 14.8. The minimum absolute atomic E-state index is 0.379. The highest BCUT2D eigenvalue weighted by Crippen LogP contribution is 2.27. The van der Waals surface area contributed by atoms with E-state index in [0.717, 1.165) is 30.7 Å². The molecule has 4 heteroatoms. The molecule has 1 aromatic carbocycles. The second-order valence-corrected chi connectivity index (χ2v) is 5.88. The molecule has 1 atom stereocenters. The van der Waals surface area contributed by atoms with Crippen molar-refractivity contribution >= 4 is 21.6 Å². The van der Waals surface area contributed by atoms with Crippen LogP contribution in [0.4, 0.5) is 5.69 Å². The molecule has 1 aliphatic rings. The molecule has 1 aliphatic heterocycles. The summed E-state index contributed by atoms with van der Waals surface area (Å²) in [6, 6.07) is 6.54. The van der Waals surface area contributed by atoms with E-state index in [-0.39, 0.29) is 0 Å². The number of anilines is 1. The number of nitrogens with one attached hydrogen (secondary N) is 1. The molecule has 3 nitrogen and oxygen atoms in total. The smallest absolute Gasteiger partial charge is 0.0750 e. The molecule has 1 N–H and O–H groups in total. The molecular weight excluding hydrogens is 304 g/mol. The van der Waals surface area contributed by atoms with Gasteiger partial charge in [-0.1, -0.05) is 15.9 Å². The Labute approximate surface area is 124 Å². The number of benzene rings is 1. The van der Waals surface area contributed by atoms with Crippen LogP contribution in [0, 0.1) is 0 Å². The summed E-state index contributed by atoms with van der Waals surface area (Å²) in [4.78, 5) is 2.46. The molecule has 0 radical (unpaired) electrons. The summed E-state index contributed by atoms with van der Waals surface area (Å²) in [5.41, 5.74) is 2.68. The van der Waals surface area contributed by atoms with E-state index in [4.69, 9.17) is 4.74 Å². The Morgan fingerprint density at radius 1 is 1.47 bits per heavy atom. The molecule has 1 aromatic rings. The lowest BCUT2D eigenvalue weighted by Crippen LogP contribution is -2.40. The lowest BCUT2D eigenvalue weighted by atomic mass is 10.0. The second-order valence-electron chi connectivity index (χ2n) is 4.97. The molecule has 1 heterocycles. The maximum Gasteiger partial charge on any atom is 0.0750 e. The zero-order valence-electron chi connectivity index (χ0n) is 11.8. The van der Waals surface area contributed by atoms with Gasteiger partial charge in [0.2, 0.25) is 0 Å². The van der Waals surface area contributed by atoms with Crippen LogP contribution in [0.5, 0.6) is 0 Å². The van der Waals surface area contributed by atoms with Gasteiger partial charge in [0, 0.05) is 36.4 Å². The van der Waals surface area contributed by atoms with E-state index >= 15 is 0 Å². The minimum atomic E-state index is 0.379. The molecule has 0 saturated carbocycles. The SMILES string of the molecule is CCOC1CCCN(c2ccc(Br)cc2CNC)C1. The Morgan fingerprint density at radius 3 is 3.05 bits per heavy atom. The van der Waals surface area contributed by atoms with E-state index in [9.17, 15) is 0 Å². The number of piperidine rings is 1. The van der Waals surface area contributed by atoms with Gasteiger partial charge in [-0.05, 0) is 50.6 Å². The van der Waals surface area contributed by atoms with Crippen molar-refractivity contribution in [2.45, 2.75) is 32.4 Å². The van der Waals surface area contributed by atoms with E-state index < -0.39 is 0 Å². The number of rotatable bonds is 5. The van der Waals surface area contributed by atoms with Crippen LogP contribution >= 0.6 is 15.9 Å². The molecular formula is C15H23BrN2O. The molecule has 0 bridgehead atoms. The Bertz CT molecular complexity index is 409. The van der Waals surface area contributed by atoms with Crippen molar-refractivity contribution < 1.29 is 4.74 Å². The maximum absolute atomic E-state index is 5.79. The van der Waals surface area contributed by atoms with Crippen LogP contribution in [-0.4, -0.2) is 32.8 Å². The third-order valence-electron chi connectivity index (χ3n) is 3.53. The molecule has 106 valence electrons. The van der Waals surface area contributed by atoms with Crippen molar-refractivity contribution in [3.63, 3.8) is 0 Å². The van der Waals surface area contributed by atoms with E-state index in [1.54, 1.807) is 0 Å². The summed E-state index contributed by atoms with van der Waals surface area (Å²) in [6.45, 7) is 5.91. The van der Waals surface area contributed by atoms with E-state index in [0.29, 0.717) is 6.10 Å². The predicted octanol–water partition coefficient (Wildman–Crippen LogP) is 3.17. The topological polar surface area (TPSA) is 24.5 Å². The average Bonchev–Trinajstić information content (AvgIpc) is 2.40. The first-order chi connectivity index (χ1) is 9.24. The Morgan fingerprint density at radius 2 is 2.32 bits per heavy atom. The van der Waals surface area contributed by atoms with Crippen LogP contribution < -0.4 is 10.2 Å². The van der Waals surface area contributed by atoms with E-state index in [1.165, 1.54) is 24.1 Å². The number of nitrogens with zero attached hydrogens (tertiary/aromatic N) is 1. The van der Waals surface area contributed by atoms with Gasteiger partial charge in [0.1, 0.15) is 0 Å². The van der Waals surface area contributed by atoms with Gasteiger partial charge < -0.3 is 15.0 Å². The van der Waals surface area contributed by atoms with E-state index in [2.05, 4.69) is 51.3 Å². The third kappa shape index (κ3) is 3.94. The lowest BCUT2D eigenvalue weighted by molar-refractivity contribution is 0.0526. The first-order valence-electron chi connectivity index (χ1n) is 7.04. The van der Waals surface area contributed by atoms with Crippen LogP contribution in [-0.2, 0) is 11.3 Å². The Kier molecular flexibility index (Phi) is 5.67. The Balaban J connectivity index is 2.15. The average molecular weight is 327 g/mol. The largest absolute Gasteiger partial charge is 0.377 e. The molecule has 0 spiro atoms. The van der Waals surface area contributed by atoms with Crippen molar-refractivity contribution in [2.75, 3.05) is 31.6 Å².